The molecular weight excluding hydrogens is 140 g/mol. The molecule has 0 aromatic carbocycles. The van der Waals surface area contributed by atoms with Crippen LogP contribution in [0.5, 0.6) is 0 Å². The second-order valence-corrected chi connectivity index (χ2v) is 2.80. The van der Waals surface area contributed by atoms with Gasteiger partial charge in [-0.1, -0.05) is 13.3 Å². The minimum Gasteiger partial charge on any atom is -0.359 e. The molecule has 0 saturated carbocycles. The fourth-order valence-electron chi connectivity index (χ4n) is 0.972. The Bertz CT molecular complexity index is 115. The Morgan fingerprint density at radius 3 is 2.64 bits per heavy atom. The highest BCUT2D eigenvalue weighted by Crippen LogP contribution is 2.06. The van der Waals surface area contributed by atoms with Crippen molar-refractivity contribution in [2.75, 3.05) is 13.6 Å². The number of nitrogens with two attached hydrogens (primary N) is 1. The third kappa shape index (κ3) is 4.79. The molecule has 1 amide bonds. The topological polar surface area (TPSA) is 55.1 Å². The molecule has 0 unspecified atom stereocenters. The van der Waals surface area contributed by atoms with Crippen LogP contribution in [-0.4, -0.2) is 19.5 Å². The van der Waals surface area contributed by atoms with Crippen molar-refractivity contribution >= 4 is 5.91 Å². The van der Waals surface area contributed by atoms with Crippen LogP contribution >= 0.6 is 0 Å². The van der Waals surface area contributed by atoms with Gasteiger partial charge in [-0.3, -0.25) is 4.79 Å². The van der Waals surface area contributed by atoms with Gasteiger partial charge in [0.25, 0.3) is 0 Å². The Labute approximate surface area is 68.3 Å². The van der Waals surface area contributed by atoms with Crippen LogP contribution < -0.4 is 11.1 Å². The summed E-state index contributed by atoms with van der Waals surface area (Å²) in [6.45, 7) is 2.66. The number of nitrogens with one attached hydrogen (secondary N) is 1. The van der Waals surface area contributed by atoms with Crippen molar-refractivity contribution in [1.82, 2.24) is 5.32 Å². The smallest absolute Gasteiger partial charge is 0.222 e. The molecule has 3 N–H and O–H groups in total. The Balaban J connectivity index is 3.36. The minimum atomic E-state index is 0.127. The zero-order valence-electron chi connectivity index (χ0n) is 7.39. The second-order valence-electron chi connectivity index (χ2n) is 2.80. The van der Waals surface area contributed by atoms with E-state index in [2.05, 4.69) is 5.32 Å². The molecule has 0 saturated heterocycles. The van der Waals surface area contributed by atoms with Crippen molar-refractivity contribution in [2.45, 2.75) is 26.2 Å². The molecule has 0 aliphatic carbocycles. The molecule has 0 rings (SSSR count). The number of carbonyl (C=O) groups excluding carboxylic acids is 1. The van der Waals surface area contributed by atoms with Gasteiger partial charge < -0.3 is 11.1 Å². The summed E-state index contributed by atoms with van der Waals surface area (Å²) in [5, 5.41) is 2.62. The lowest BCUT2D eigenvalue weighted by atomic mass is 10.0. The van der Waals surface area contributed by atoms with Crippen molar-refractivity contribution in [2.24, 2.45) is 11.7 Å². The van der Waals surface area contributed by atoms with E-state index < -0.39 is 0 Å². The third-order valence-corrected chi connectivity index (χ3v) is 1.79. The van der Waals surface area contributed by atoms with E-state index >= 15 is 0 Å². The lowest BCUT2D eigenvalue weighted by Gasteiger charge is -2.08. The van der Waals surface area contributed by atoms with E-state index in [4.69, 9.17) is 5.73 Å². The van der Waals surface area contributed by atoms with E-state index in [1.165, 1.54) is 0 Å². The molecule has 11 heavy (non-hydrogen) atoms. The molecule has 0 aromatic rings. The molecule has 3 nitrogen and oxygen atoms in total. The van der Waals surface area contributed by atoms with Gasteiger partial charge in [-0.05, 0) is 19.4 Å². The van der Waals surface area contributed by atoms with Crippen molar-refractivity contribution in [1.29, 1.82) is 0 Å². The van der Waals surface area contributed by atoms with Crippen molar-refractivity contribution in [3.8, 4) is 0 Å². The maximum Gasteiger partial charge on any atom is 0.222 e. The van der Waals surface area contributed by atoms with Crippen LogP contribution in [0.25, 0.3) is 0 Å². The van der Waals surface area contributed by atoms with Crippen LogP contribution in [-0.2, 0) is 4.79 Å². The largest absolute Gasteiger partial charge is 0.359 e. The maximum absolute atomic E-state index is 11.0. The van der Waals surface area contributed by atoms with Gasteiger partial charge in [-0.25, -0.2) is 0 Å². The maximum atomic E-state index is 11.0. The zero-order valence-corrected chi connectivity index (χ0v) is 7.39. The first-order chi connectivity index (χ1) is 5.22. The molecule has 0 spiro atoms. The van der Waals surface area contributed by atoms with Crippen LogP contribution in [0.1, 0.15) is 26.2 Å². The number of amides is 1. The van der Waals surface area contributed by atoms with E-state index in [1.807, 2.05) is 6.92 Å². The number of hydrogen-bond donors (Lipinski definition) is 2. The van der Waals surface area contributed by atoms with Crippen LogP contribution in [0.4, 0.5) is 0 Å². The first-order valence-electron chi connectivity index (χ1n) is 4.14. The molecule has 0 bridgehead atoms. The molecule has 0 radical (unpaired) electrons. The number of unbranched alkanes of at least 4 members (excludes halogenated alkanes) is 1. The standard InChI is InChI=1S/C8H18N2O/c1-7(8(11)10-2)5-3-4-6-9/h7H,3-6,9H2,1-2H3,(H,10,11)/t7-/m0/s1. The highest BCUT2D eigenvalue weighted by atomic mass is 16.1. The molecule has 3 heteroatoms. The fraction of sp³-hybridized carbons (Fsp3) is 0.875. The molecule has 0 aromatic heterocycles. The predicted molar refractivity (Wildman–Crippen MR) is 46.1 cm³/mol. The molecule has 0 aliphatic rings. The van der Waals surface area contributed by atoms with Crippen LogP contribution in [0.3, 0.4) is 0 Å². The van der Waals surface area contributed by atoms with Crippen molar-refractivity contribution in [3.63, 3.8) is 0 Å². The Kier molecular flexibility index (Phi) is 5.84. The van der Waals surface area contributed by atoms with Crippen LogP contribution in [0.15, 0.2) is 0 Å². The Hall–Kier alpha value is -0.570. The lowest BCUT2D eigenvalue weighted by Crippen LogP contribution is -2.25. The molecule has 1 atom stereocenters. The van der Waals surface area contributed by atoms with E-state index in [0.29, 0.717) is 0 Å². The Morgan fingerprint density at radius 1 is 1.55 bits per heavy atom. The fourth-order valence-corrected chi connectivity index (χ4v) is 0.972. The van der Waals surface area contributed by atoms with Gasteiger partial charge in [0.1, 0.15) is 0 Å². The van der Waals surface area contributed by atoms with E-state index in [0.717, 1.165) is 25.8 Å². The molecule has 0 heterocycles. The lowest BCUT2D eigenvalue weighted by molar-refractivity contribution is -0.124. The monoisotopic (exact) mass is 158 g/mol. The average molecular weight is 158 g/mol. The summed E-state index contributed by atoms with van der Waals surface area (Å²) in [5.74, 6) is 0.258. The number of rotatable bonds is 5. The van der Waals surface area contributed by atoms with Gasteiger partial charge in [0.15, 0.2) is 0 Å². The summed E-state index contributed by atoms with van der Waals surface area (Å²) in [5.41, 5.74) is 5.32. The van der Waals surface area contributed by atoms with E-state index in [1.54, 1.807) is 7.05 Å². The van der Waals surface area contributed by atoms with Crippen molar-refractivity contribution in [3.05, 3.63) is 0 Å². The van der Waals surface area contributed by atoms with E-state index in [-0.39, 0.29) is 11.8 Å². The van der Waals surface area contributed by atoms with Gasteiger partial charge in [0, 0.05) is 13.0 Å². The van der Waals surface area contributed by atoms with Crippen molar-refractivity contribution < 1.29 is 4.79 Å². The van der Waals surface area contributed by atoms with Gasteiger partial charge >= 0.3 is 0 Å². The SMILES string of the molecule is CNC(=O)[C@@H](C)CCCCN. The first-order valence-corrected chi connectivity index (χ1v) is 4.14. The van der Waals surface area contributed by atoms with Gasteiger partial charge in [0.05, 0.1) is 0 Å². The van der Waals surface area contributed by atoms with Gasteiger partial charge in [0.2, 0.25) is 5.91 Å². The zero-order chi connectivity index (χ0) is 8.69. The quantitative estimate of drug-likeness (QED) is 0.572. The summed E-state index contributed by atoms with van der Waals surface area (Å²) in [6, 6.07) is 0. The third-order valence-electron chi connectivity index (χ3n) is 1.79. The average Bonchev–Trinajstić information content (AvgIpc) is 2.03. The normalized spacial score (nSPS) is 12.6. The first kappa shape index (κ1) is 10.4. The molecule has 0 fully saturated rings. The molecular formula is C8H18N2O. The highest BCUT2D eigenvalue weighted by molar-refractivity contribution is 5.77. The Morgan fingerprint density at radius 2 is 2.18 bits per heavy atom. The van der Waals surface area contributed by atoms with E-state index in [9.17, 15) is 4.79 Å². The molecule has 66 valence electrons. The number of hydrogen-bond acceptors (Lipinski definition) is 2. The second kappa shape index (κ2) is 6.16. The van der Waals surface area contributed by atoms with Gasteiger partial charge in [-0.15, -0.1) is 0 Å². The minimum absolute atomic E-state index is 0.127. The summed E-state index contributed by atoms with van der Waals surface area (Å²) in [4.78, 5) is 11.0. The summed E-state index contributed by atoms with van der Waals surface area (Å²) < 4.78 is 0. The predicted octanol–water partition coefficient (Wildman–Crippen LogP) is 0.497. The highest BCUT2D eigenvalue weighted by Gasteiger charge is 2.08. The van der Waals surface area contributed by atoms with Gasteiger partial charge in [-0.2, -0.15) is 0 Å². The van der Waals surface area contributed by atoms with Crippen LogP contribution in [0, 0.1) is 5.92 Å². The van der Waals surface area contributed by atoms with Crippen LogP contribution in [0.2, 0.25) is 0 Å². The number of carbonyl (C=O) groups is 1. The summed E-state index contributed by atoms with van der Waals surface area (Å²) >= 11 is 0. The summed E-state index contributed by atoms with van der Waals surface area (Å²) in [7, 11) is 1.67. The summed E-state index contributed by atoms with van der Waals surface area (Å²) in [6.07, 6.45) is 3.00. The molecule has 0 aliphatic heterocycles.